The van der Waals surface area contributed by atoms with E-state index in [1.165, 1.54) is 0 Å². The number of hydrogen-bond acceptors (Lipinski definition) is 7. The number of methoxy groups -OCH3 is 3. The molecular formula is C33H42N2O5. The molecule has 7 nitrogen and oxygen atoms in total. The Labute approximate surface area is 238 Å². The van der Waals surface area contributed by atoms with Crippen molar-refractivity contribution in [2.24, 2.45) is 0 Å². The number of nitrogens with zero attached hydrogens (tertiary/aromatic N) is 2. The number of fused-ring (bicyclic) bond motifs is 1. The Balaban J connectivity index is 1.93. The van der Waals surface area contributed by atoms with Gasteiger partial charge in [0.25, 0.3) is 0 Å². The molecule has 1 heterocycles. The maximum atomic E-state index is 13.2. The van der Waals surface area contributed by atoms with Gasteiger partial charge in [0.15, 0.2) is 0 Å². The smallest absolute Gasteiger partial charge is 0.312 e. The summed E-state index contributed by atoms with van der Waals surface area (Å²) in [7, 11) is 9.03. The minimum absolute atomic E-state index is 0.0613. The summed E-state index contributed by atoms with van der Waals surface area (Å²) < 4.78 is 23.4. The van der Waals surface area contributed by atoms with Crippen molar-refractivity contribution in [1.82, 2.24) is 4.90 Å². The molecule has 3 aromatic rings. The van der Waals surface area contributed by atoms with Crippen molar-refractivity contribution < 1.29 is 23.7 Å². The number of ether oxygens (including phenoxy) is 4. The highest BCUT2D eigenvalue weighted by Gasteiger charge is 2.37. The quantitative estimate of drug-likeness (QED) is 0.201. The molecule has 0 spiro atoms. The van der Waals surface area contributed by atoms with E-state index >= 15 is 0 Å². The maximum Gasteiger partial charge on any atom is 0.312 e. The van der Waals surface area contributed by atoms with Gasteiger partial charge in [0.2, 0.25) is 0 Å². The molecule has 2 atom stereocenters. The number of carbonyl (C=O) groups is 1. The van der Waals surface area contributed by atoms with E-state index in [9.17, 15) is 4.79 Å². The number of hydrogen-bond donors (Lipinski definition) is 0. The average Bonchev–Trinajstić information content (AvgIpc) is 2.98. The van der Waals surface area contributed by atoms with Crippen LogP contribution in [0.5, 0.6) is 23.0 Å². The van der Waals surface area contributed by atoms with Crippen molar-refractivity contribution >= 4 is 11.7 Å². The topological polar surface area (TPSA) is 60.5 Å². The highest BCUT2D eigenvalue weighted by atomic mass is 16.5. The maximum absolute atomic E-state index is 13.2. The largest absolute Gasteiger partial charge is 0.497 e. The van der Waals surface area contributed by atoms with Gasteiger partial charge in [0, 0.05) is 48.8 Å². The summed E-state index contributed by atoms with van der Waals surface area (Å²) in [5, 5.41) is 0. The first-order chi connectivity index (χ1) is 19.3. The Morgan fingerprint density at radius 1 is 0.900 bits per heavy atom. The fourth-order valence-corrected chi connectivity index (χ4v) is 5.63. The third-order valence-electron chi connectivity index (χ3n) is 7.96. The van der Waals surface area contributed by atoms with Gasteiger partial charge >= 0.3 is 5.97 Å². The number of carbonyl (C=O) groups excluding carboxylic acids is 1. The third kappa shape index (κ3) is 6.04. The molecule has 0 bridgehead atoms. The number of benzene rings is 3. The highest BCUT2D eigenvalue weighted by Crippen LogP contribution is 2.53. The summed E-state index contributed by atoms with van der Waals surface area (Å²) in [6.45, 7) is 7.19. The van der Waals surface area contributed by atoms with Gasteiger partial charge in [0.1, 0.15) is 23.0 Å². The predicted molar refractivity (Wildman–Crippen MR) is 160 cm³/mol. The van der Waals surface area contributed by atoms with Gasteiger partial charge < -0.3 is 28.7 Å². The molecule has 0 aromatic heterocycles. The van der Waals surface area contributed by atoms with Crippen molar-refractivity contribution in [2.75, 3.05) is 60.0 Å². The Morgan fingerprint density at radius 2 is 1.55 bits per heavy atom. The number of anilines is 1. The van der Waals surface area contributed by atoms with E-state index in [4.69, 9.17) is 18.9 Å². The van der Waals surface area contributed by atoms with Gasteiger partial charge in [-0.1, -0.05) is 38.1 Å². The summed E-state index contributed by atoms with van der Waals surface area (Å²) in [6, 6.07) is 18.4. The molecule has 1 aliphatic rings. The van der Waals surface area contributed by atoms with Crippen LogP contribution in [0.4, 0.5) is 5.69 Å². The van der Waals surface area contributed by atoms with Gasteiger partial charge in [-0.2, -0.15) is 0 Å². The van der Waals surface area contributed by atoms with Gasteiger partial charge in [-0.25, -0.2) is 0 Å². The molecule has 0 radical (unpaired) electrons. The summed E-state index contributed by atoms with van der Waals surface area (Å²) in [5.74, 6) is 2.07. The van der Waals surface area contributed by atoms with Crippen molar-refractivity contribution in [3.8, 4) is 23.0 Å². The summed E-state index contributed by atoms with van der Waals surface area (Å²) in [6.07, 6.45) is 1.06. The van der Waals surface area contributed by atoms with Crippen molar-refractivity contribution in [3.05, 3.63) is 76.9 Å². The molecule has 3 aromatic carbocycles. The first-order valence-corrected chi connectivity index (χ1v) is 14.0. The van der Waals surface area contributed by atoms with E-state index in [0.29, 0.717) is 17.2 Å². The molecule has 0 aliphatic carbocycles. The van der Waals surface area contributed by atoms with E-state index in [0.717, 1.165) is 59.7 Å². The van der Waals surface area contributed by atoms with Gasteiger partial charge in [-0.15, -0.1) is 0 Å². The van der Waals surface area contributed by atoms with Crippen molar-refractivity contribution in [1.29, 1.82) is 0 Å². The molecule has 0 saturated carbocycles. The second kappa shape index (κ2) is 13.1. The Hall–Kier alpha value is -3.71. The Morgan fingerprint density at radius 3 is 2.10 bits per heavy atom. The zero-order valence-electron chi connectivity index (χ0n) is 24.8. The monoisotopic (exact) mass is 546 g/mol. The summed E-state index contributed by atoms with van der Waals surface area (Å²) >= 11 is 0. The molecule has 0 amide bonds. The average molecular weight is 547 g/mol. The molecular weight excluding hydrogens is 504 g/mol. The van der Waals surface area contributed by atoms with E-state index in [-0.39, 0.29) is 24.2 Å². The molecule has 0 saturated heterocycles. The molecule has 40 heavy (non-hydrogen) atoms. The lowest BCUT2D eigenvalue weighted by Gasteiger charge is -2.32. The lowest BCUT2D eigenvalue weighted by Crippen LogP contribution is -2.27. The minimum Gasteiger partial charge on any atom is -0.497 e. The zero-order valence-corrected chi connectivity index (χ0v) is 24.8. The summed E-state index contributed by atoms with van der Waals surface area (Å²) in [5.41, 5.74) is 5.03. The van der Waals surface area contributed by atoms with Crippen LogP contribution in [0.3, 0.4) is 0 Å². The molecule has 0 unspecified atom stereocenters. The highest BCUT2D eigenvalue weighted by molar-refractivity contribution is 5.81. The lowest BCUT2D eigenvalue weighted by atomic mass is 9.80. The first-order valence-electron chi connectivity index (χ1n) is 14.0. The van der Waals surface area contributed by atoms with Crippen LogP contribution in [0, 0.1) is 0 Å². The minimum atomic E-state index is -0.268. The fourth-order valence-electron chi connectivity index (χ4n) is 5.63. The van der Waals surface area contributed by atoms with E-state index in [1.54, 1.807) is 21.3 Å². The zero-order chi connectivity index (χ0) is 28.8. The van der Waals surface area contributed by atoms with Gasteiger partial charge in [-0.05, 0) is 61.4 Å². The second-order valence-electron chi connectivity index (χ2n) is 10.3. The van der Waals surface area contributed by atoms with Crippen LogP contribution in [0.1, 0.15) is 60.8 Å². The van der Waals surface area contributed by atoms with Crippen LogP contribution in [-0.4, -0.2) is 65.9 Å². The standard InChI is InChI=1S/C33H42N2O5/c1-8-35(9-2)19-18-26(22-10-14-24(15-11-22)34(3)4)31-28(38-6)21-29(39-7)32-27(20-30(36)40-33(31)32)23-12-16-25(37-5)17-13-23/h10-17,21,26-27H,8-9,18-20H2,1-7H3/t26-,27-/m1/s1. The molecule has 214 valence electrons. The molecule has 0 fully saturated rings. The molecule has 4 rings (SSSR count). The lowest BCUT2D eigenvalue weighted by molar-refractivity contribution is -0.135. The van der Waals surface area contributed by atoms with Gasteiger partial charge in [0.05, 0.1) is 27.8 Å². The van der Waals surface area contributed by atoms with E-state index in [2.05, 4.69) is 47.9 Å². The molecule has 1 aliphatic heterocycles. The first kappa shape index (κ1) is 29.3. The summed E-state index contributed by atoms with van der Waals surface area (Å²) in [4.78, 5) is 17.7. The predicted octanol–water partition coefficient (Wildman–Crippen LogP) is 6.08. The van der Waals surface area contributed by atoms with E-state index < -0.39 is 0 Å². The number of rotatable bonds is 12. The van der Waals surface area contributed by atoms with Crippen LogP contribution in [0.25, 0.3) is 0 Å². The third-order valence-corrected chi connectivity index (χ3v) is 7.96. The SMILES string of the molecule is CCN(CC)CC[C@H](c1ccc(N(C)C)cc1)c1c(OC)cc(OC)c2c1OC(=O)C[C@@H]2c1ccc(OC)cc1. The molecule has 7 heteroatoms. The van der Waals surface area contributed by atoms with Crippen LogP contribution in [-0.2, 0) is 4.79 Å². The van der Waals surface area contributed by atoms with E-state index in [1.807, 2.05) is 44.4 Å². The van der Waals surface area contributed by atoms with Crippen LogP contribution in [0.15, 0.2) is 54.6 Å². The Kier molecular flexibility index (Phi) is 9.58. The van der Waals surface area contributed by atoms with Crippen molar-refractivity contribution in [2.45, 2.75) is 38.5 Å². The van der Waals surface area contributed by atoms with Gasteiger partial charge in [-0.3, -0.25) is 4.79 Å². The normalized spacial score (nSPS) is 15.3. The molecule has 0 N–H and O–H groups in total. The number of esters is 1. The van der Waals surface area contributed by atoms with Crippen LogP contribution < -0.4 is 23.8 Å². The van der Waals surface area contributed by atoms with Crippen LogP contribution in [0.2, 0.25) is 0 Å². The fraction of sp³-hybridized carbons (Fsp3) is 0.424. The second-order valence-corrected chi connectivity index (χ2v) is 10.3. The van der Waals surface area contributed by atoms with Crippen molar-refractivity contribution in [3.63, 3.8) is 0 Å². The Bertz CT molecular complexity index is 1280. The van der Waals surface area contributed by atoms with Crippen LogP contribution >= 0.6 is 0 Å².